The van der Waals surface area contributed by atoms with E-state index in [9.17, 15) is 0 Å². The first-order valence-electron chi connectivity index (χ1n) is 5.78. The fraction of sp³-hybridized carbons (Fsp3) is 0.0714. The van der Waals surface area contributed by atoms with E-state index in [0.29, 0.717) is 5.02 Å². The number of para-hydroxylation sites is 2. The van der Waals surface area contributed by atoms with Gasteiger partial charge in [-0.15, -0.1) is 0 Å². The van der Waals surface area contributed by atoms with E-state index in [0.717, 1.165) is 26.6 Å². The molecule has 0 aliphatic rings. The number of benzene rings is 2. The normalized spacial score (nSPS) is 11.1. The Kier molecular flexibility index (Phi) is 3.46. The summed E-state index contributed by atoms with van der Waals surface area (Å²) in [4.78, 5) is 8.73. The van der Waals surface area contributed by atoms with Gasteiger partial charge in [-0.05, 0) is 29.8 Å². The van der Waals surface area contributed by atoms with E-state index in [1.807, 2.05) is 42.5 Å². The maximum absolute atomic E-state index is 9.08. The summed E-state index contributed by atoms with van der Waals surface area (Å²) in [5.41, 5.74) is 2.70. The summed E-state index contributed by atoms with van der Waals surface area (Å²) in [6.07, 6.45) is 0. The molecule has 0 unspecified atom stereocenters. The fourth-order valence-electron chi connectivity index (χ4n) is 1.81. The zero-order valence-corrected chi connectivity index (χ0v) is 11.5. The monoisotopic (exact) mass is 290 g/mol. The number of aliphatic hydroxyl groups is 1. The van der Waals surface area contributed by atoms with Gasteiger partial charge in [0.15, 0.2) is 5.16 Å². The number of imidazole rings is 1. The first kappa shape index (κ1) is 12.5. The minimum Gasteiger partial charge on any atom is -0.392 e. The maximum Gasteiger partial charge on any atom is 0.171 e. The minimum atomic E-state index is -0.0472. The Hall–Kier alpha value is -1.49. The van der Waals surface area contributed by atoms with Crippen LogP contribution < -0.4 is 0 Å². The summed E-state index contributed by atoms with van der Waals surface area (Å²) in [5.74, 6) is 0. The molecule has 3 rings (SSSR count). The van der Waals surface area contributed by atoms with E-state index in [1.165, 1.54) is 11.8 Å². The molecule has 3 nitrogen and oxygen atoms in total. The summed E-state index contributed by atoms with van der Waals surface area (Å²) in [6, 6.07) is 13.5. The largest absolute Gasteiger partial charge is 0.392 e. The first-order chi connectivity index (χ1) is 9.26. The number of hydrogen-bond acceptors (Lipinski definition) is 3. The smallest absolute Gasteiger partial charge is 0.171 e. The highest BCUT2D eigenvalue weighted by atomic mass is 35.5. The van der Waals surface area contributed by atoms with Crippen molar-refractivity contribution in [2.24, 2.45) is 0 Å². The van der Waals surface area contributed by atoms with Crippen LogP contribution in [0.15, 0.2) is 52.5 Å². The molecule has 1 heterocycles. The third-order valence-corrected chi connectivity index (χ3v) is 4.01. The van der Waals surface area contributed by atoms with Crippen LogP contribution in [-0.2, 0) is 6.61 Å². The summed E-state index contributed by atoms with van der Waals surface area (Å²) >= 11 is 7.58. The second-order valence-electron chi connectivity index (χ2n) is 4.07. The molecule has 19 heavy (non-hydrogen) atoms. The maximum atomic E-state index is 9.08. The molecular weight excluding hydrogens is 280 g/mol. The fourth-order valence-corrected chi connectivity index (χ4v) is 2.96. The molecule has 0 fully saturated rings. The van der Waals surface area contributed by atoms with Gasteiger partial charge in [-0.3, -0.25) is 0 Å². The van der Waals surface area contributed by atoms with Gasteiger partial charge in [-0.1, -0.05) is 41.6 Å². The number of hydrogen-bond donors (Lipinski definition) is 2. The van der Waals surface area contributed by atoms with Crippen molar-refractivity contribution in [3.8, 4) is 0 Å². The molecule has 0 aliphatic carbocycles. The molecule has 0 spiro atoms. The molecule has 0 radical (unpaired) electrons. The zero-order chi connectivity index (χ0) is 13.2. The number of aromatic nitrogens is 2. The van der Waals surface area contributed by atoms with E-state index in [2.05, 4.69) is 9.97 Å². The van der Waals surface area contributed by atoms with Gasteiger partial charge in [0.1, 0.15) is 0 Å². The van der Waals surface area contributed by atoms with E-state index < -0.39 is 0 Å². The Labute approximate surface area is 119 Å². The predicted molar refractivity (Wildman–Crippen MR) is 77.6 cm³/mol. The first-order valence-corrected chi connectivity index (χ1v) is 6.97. The van der Waals surface area contributed by atoms with E-state index in [-0.39, 0.29) is 6.61 Å². The number of rotatable bonds is 3. The summed E-state index contributed by atoms with van der Waals surface area (Å²) in [6.45, 7) is -0.0472. The molecule has 1 aromatic heterocycles. The van der Waals surface area contributed by atoms with Gasteiger partial charge in [-0.25, -0.2) is 4.98 Å². The lowest BCUT2D eigenvalue weighted by Crippen LogP contribution is -1.85. The van der Waals surface area contributed by atoms with Gasteiger partial charge in [-0.2, -0.15) is 0 Å². The van der Waals surface area contributed by atoms with Crippen LogP contribution >= 0.6 is 23.4 Å². The third-order valence-electron chi connectivity index (χ3n) is 2.78. The Bertz CT molecular complexity index is 693. The Balaban J connectivity index is 1.90. The van der Waals surface area contributed by atoms with Gasteiger partial charge in [0, 0.05) is 9.92 Å². The van der Waals surface area contributed by atoms with Crippen molar-refractivity contribution in [1.29, 1.82) is 0 Å². The minimum absolute atomic E-state index is 0.0472. The van der Waals surface area contributed by atoms with Gasteiger partial charge in [0.05, 0.1) is 17.6 Å². The van der Waals surface area contributed by atoms with Crippen LogP contribution in [0.25, 0.3) is 11.0 Å². The molecular formula is C14H11ClN2OS. The third kappa shape index (κ3) is 2.61. The number of fused-ring (bicyclic) bond motifs is 1. The van der Waals surface area contributed by atoms with Crippen LogP contribution in [0.5, 0.6) is 0 Å². The van der Waals surface area contributed by atoms with Gasteiger partial charge < -0.3 is 10.1 Å². The molecule has 3 aromatic rings. The van der Waals surface area contributed by atoms with Crippen molar-refractivity contribution in [2.45, 2.75) is 16.7 Å². The number of nitrogens with zero attached hydrogens (tertiary/aromatic N) is 1. The second kappa shape index (κ2) is 5.25. The molecule has 0 saturated carbocycles. The average molecular weight is 291 g/mol. The van der Waals surface area contributed by atoms with Gasteiger partial charge >= 0.3 is 0 Å². The topological polar surface area (TPSA) is 48.9 Å². The SMILES string of the molecule is OCc1ccc(Sc2nc3ccccc3[nH]2)cc1Cl. The zero-order valence-electron chi connectivity index (χ0n) is 9.93. The standard InChI is InChI=1S/C14H11ClN2OS/c15-11-7-10(6-5-9(11)8-18)19-14-16-12-3-1-2-4-13(12)17-14/h1-7,18H,8H2,(H,16,17). The number of aliphatic hydroxyl groups excluding tert-OH is 1. The van der Waals surface area contributed by atoms with Gasteiger partial charge in [0.25, 0.3) is 0 Å². The van der Waals surface area contributed by atoms with Crippen LogP contribution in [0.4, 0.5) is 0 Å². The Morgan fingerprint density at radius 1 is 1.21 bits per heavy atom. The average Bonchev–Trinajstić information content (AvgIpc) is 2.81. The number of H-pyrrole nitrogens is 1. The van der Waals surface area contributed by atoms with Crippen molar-refractivity contribution in [1.82, 2.24) is 9.97 Å². The van der Waals surface area contributed by atoms with E-state index in [4.69, 9.17) is 16.7 Å². The number of nitrogens with one attached hydrogen (secondary N) is 1. The highest BCUT2D eigenvalue weighted by Gasteiger charge is 2.06. The Morgan fingerprint density at radius 3 is 2.79 bits per heavy atom. The van der Waals surface area contributed by atoms with Crippen LogP contribution in [-0.4, -0.2) is 15.1 Å². The molecule has 0 aliphatic heterocycles. The molecule has 96 valence electrons. The molecule has 0 bridgehead atoms. The highest BCUT2D eigenvalue weighted by molar-refractivity contribution is 7.99. The van der Waals surface area contributed by atoms with E-state index >= 15 is 0 Å². The van der Waals surface area contributed by atoms with Crippen LogP contribution in [0, 0.1) is 0 Å². The molecule has 2 aromatic carbocycles. The van der Waals surface area contributed by atoms with Gasteiger partial charge in [0.2, 0.25) is 0 Å². The lowest BCUT2D eigenvalue weighted by Gasteiger charge is -2.03. The molecule has 5 heteroatoms. The second-order valence-corrected chi connectivity index (χ2v) is 5.54. The number of aromatic amines is 1. The number of halogens is 1. The van der Waals surface area contributed by atoms with Crippen molar-refractivity contribution < 1.29 is 5.11 Å². The summed E-state index contributed by atoms with van der Waals surface area (Å²) < 4.78 is 0. The van der Waals surface area contributed by atoms with E-state index in [1.54, 1.807) is 0 Å². The molecule has 0 saturated heterocycles. The van der Waals surface area contributed by atoms with Crippen LogP contribution in [0.3, 0.4) is 0 Å². The molecule has 0 amide bonds. The van der Waals surface area contributed by atoms with Crippen molar-refractivity contribution in [3.63, 3.8) is 0 Å². The van der Waals surface area contributed by atoms with Crippen LogP contribution in [0.1, 0.15) is 5.56 Å². The van der Waals surface area contributed by atoms with Crippen molar-refractivity contribution in [3.05, 3.63) is 53.1 Å². The lowest BCUT2D eigenvalue weighted by atomic mass is 10.2. The predicted octanol–water partition coefficient (Wildman–Crippen LogP) is 3.86. The lowest BCUT2D eigenvalue weighted by molar-refractivity contribution is 0.282. The van der Waals surface area contributed by atoms with Crippen molar-refractivity contribution in [2.75, 3.05) is 0 Å². The van der Waals surface area contributed by atoms with Crippen LogP contribution in [0.2, 0.25) is 5.02 Å². The quantitative estimate of drug-likeness (QED) is 0.770. The molecule has 0 atom stereocenters. The van der Waals surface area contributed by atoms with Crippen molar-refractivity contribution >= 4 is 34.4 Å². The summed E-state index contributed by atoms with van der Waals surface area (Å²) in [5, 5.41) is 10.5. The highest BCUT2D eigenvalue weighted by Crippen LogP contribution is 2.30. The molecule has 2 N–H and O–H groups in total. The Morgan fingerprint density at radius 2 is 2.05 bits per heavy atom. The summed E-state index contributed by atoms with van der Waals surface area (Å²) in [7, 11) is 0.